The number of carbonyl (C=O) groups is 1. The smallest absolute Gasteiger partial charge is 0.360 e. The molecule has 3 aromatic rings. The maximum atomic E-state index is 12.5. The average Bonchev–Trinajstić information content (AvgIpc) is 2.79. The van der Waals surface area contributed by atoms with Gasteiger partial charge in [0.1, 0.15) is 28.9 Å². The molecule has 1 aromatic heterocycles. The predicted octanol–water partition coefficient (Wildman–Crippen LogP) is 4.23. The highest BCUT2D eigenvalue weighted by molar-refractivity contribution is 6.00. The molecular formula is C24H27N3O5. The van der Waals surface area contributed by atoms with Gasteiger partial charge in [0.25, 0.3) is 0 Å². The number of rotatable bonds is 5. The molecule has 0 bridgehead atoms. The first-order valence-corrected chi connectivity index (χ1v) is 10.6. The van der Waals surface area contributed by atoms with Crippen LogP contribution in [0.5, 0.6) is 11.5 Å². The Kier molecular flexibility index (Phi) is 6.32. The van der Waals surface area contributed by atoms with Crippen LogP contribution in [0, 0.1) is 6.92 Å². The van der Waals surface area contributed by atoms with Gasteiger partial charge in [0.05, 0.1) is 7.11 Å². The second-order valence-corrected chi connectivity index (χ2v) is 7.98. The van der Waals surface area contributed by atoms with E-state index < -0.39 is 11.7 Å². The first-order chi connectivity index (χ1) is 15.4. The lowest BCUT2D eigenvalue weighted by Gasteiger charge is -2.29. The fourth-order valence-electron chi connectivity index (χ4n) is 3.76. The van der Waals surface area contributed by atoms with E-state index in [2.05, 4.69) is 22.6 Å². The van der Waals surface area contributed by atoms with Crippen LogP contribution in [0.3, 0.4) is 0 Å². The number of methoxy groups -OCH3 is 1. The number of nitrogens with one attached hydrogen (secondary N) is 2. The molecule has 1 saturated heterocycles. The van der Waals surface area contributed by atoms with Crippen LogP contribution in [0.4, 0.5) is 16.2 Å². The van der Waals surface area contributed by atoms with Crippen molar-refractivity contribution in [2.24, 2.45) is 0 Å². The van der Waals surface area contributed by atoms with Crippen LogP contribution >= 0.6 is 0 Å². The molecule has 0 aliphatic carbocycles. The molecule has 2 heterocycles. The number of carbonyl (C=O) groups excluding carboxylic acids is 1. The Morgan fingerprint density at radius 3 is 2.50 bits per heavy atom. The van der Waals surface area contributed by atoms with Gasteiger partial charge in [-0.15, -0.1) is 0 Å². The Morgan fingerprint density at radius 1 is 1.09 bits per heavy atom. The van der Waals surface area contributed by atoms with Gasteiger partial charge >= 0.3 is 11.7 Å². The molecular weight excluding hydrogens is 410 g/mol. The van der Waals surface area contributed by atoms with Crippen molar-refractivity contribution in [1.82, 2.24) is 4.90 Å². The third-order valence-electron chi connectivity index (χ3n) is 5.66. The Labute approximate surface area is 186 Å². The fourth-order valence-corrected chi connectivity index (χ4v) is 3.76. The number of urea groups is 1. The quantitative estimate of drug-likeness (QED) is 0.581. The lowest BCUT2D eigenvalue weighted by Crippen LogP contribution is -2.35. The van der Waals surface area contributed by atoms with Crippen LogP contribution in [-0.2, 0) is 0 Å². The number of hydrogen-bond acceptors (Lipinski definition) is 6. The van der Waals surface area contributed by atoms with E-state index in [0.29, 0.717) is 28.2 Å². The summed E-state index contributed by atoms with van der Waals surface area (Å²) < 4.78 is 16.8. The Balaban J connectivity index is 1.49. The number of nitrogens with zero attached hydrogens (tertiary/aromatic N) is 1. The third-order valence-corrected chi connectivity index (χ3v) is 5.66. The Hall–Kier alpha value is -3.52. The average molecular weight is 437 g/mol. The van der Waals surface area contributed by atoms with Gasteiger partial charge in [0.15, 0.2) is 0 Å². The fraction of sp³-hybridized carbons (Fsp3) is 0.333. The molecule has 0 radical (unpaired) electrons. The zero-order chi connectivity index (χ0) is 22.7. The van der Waals surface area contributed by atoms with Gasteiger partial charge in [-0.3, -0.25) is 0 Å². The zero-order valence-electron chi connectivity index (χ0n) is 18.4. The molecule has 4 rings (SSSR count). The third kappa shape index (κ3) is 4.86. The molecule has 8 nitrogen and oxygen atoms in total. The lowest BCUT2D eigenvalue weighted by molar-refractivity contribution is 0.113. The Bertz CT molecular complexity index is 1160. The monoisotopic (exact) mass is 437 g/mol. The van der Waals surface area contributed by atoms with Crippen molar-refractivity contribution >= 4 is 28.4 Å². The summed E-state index contributed by atoms with van der Waals surface area (Å²) in [7, 11) is 3.68. The van der Waals surface area contributed by atoms with Crippen molar-refractivity contribution in [3.63, 3.8) is 0 Å². The number of ether oxygens (including phenoxy) is 2. The summed E-state index contributed by atoms with van der Waals surface area (Å²) in [6.07, 6.45) is 2.07. The SMILES string of the molecule is COc1ccc(NC(=O)Nc2cc3ccc(OC4CCN(C)CC4)c(C)c3oc2=O)cc1. The van der Waals surface area contributed by atoms with E-state index in [0.717, 1.165) is 31.5 Å². The molecule has 2 N–H and O–H groups in total. The highest BCUT2D eigenvalue weighted by atomic mass is 16.5. The molecule has 0 atom stereocenters. The van der Waals surface area contributed by atoms with E-state index in [1.165, 1.54) is 0 Å². The van der Waals surface area contributed by atoms with Crippen molar-refractivity contribution in [1.29, 1.82) is 0 Å². The highest BCUT2D eigenvalue weighted by Gasteiger charge is 2.20. The first-order valence-electron chi connectivity index (χ1n) is 10.6. The van der Waals surface area contributed by atoms with Gasteiger partial charge in [-0.25, -0.2) is 9.59 Å². The van der Waals surface area contributed by atoms with Gasteiger partial charge < -0.3 is 29.4 Å². The van der Waals surface area contributed by atoms with E-state index in [1.807, 2.05) is 19.1 Å². The van der Waals surface area contributed by atoms with E-state index in [-0.39, 0.29) is 11.8 Å². The van der Waals surface area contributed by atoms with Crippen molar-refractivity contribution in [2.75, 3.05) is 37.9 Å². The molecule has 8 heteroatoms. The topological polar surface area (TPSA) is 93.0 Å². The number of anilines is 2. The summed E-state index contributed by atoms with van der Waals surface area (Å²) in [5.41, 5.74) is 1.24. The zero-order valence-corrected chi connectivity index (χ0v) is 18.4. The number of hydrogen-bond donors (Lipinski definition) is 2. The number of amides is 2. The van der Waals surface area contributed by atoms with E-state index in [4.69, 9.17) is 13.9 Å². The van der Waals surface area contributed by atoms with E-state index in [1.54, 1.807) is 37.4 Å². The Morgan fingerprint density at radius 2 is 1.81 bits per heavy atom. The molecule has 1 aliphatic heterocycles. The molecule has 1 aliphatic rings. The van der Waals surface area contributed by atoms with Gasteiger partial charge in [-0.1, -0.05) is 0 Å². The molecule has 0 saturated carbocycles. The van der Waals surface area contributed by atoms with Crippen molar-refractivity contribution in [3.8, 4) is 11.5 Å². The van der Waals surface area contributed by atoms with Crippen LogP contribution < -0.4 is 25.7 Å². The lowest BCUT2D eigenvalue weighted by atomic mass is 10.1. The largest absolute Gasteiger partial charge is 0.497 e. The van der Waals surface area contributed by atoms with Gasteiger partial charge in [-0.05, 0) is 69.3 Å². The molecule has 168 valence electrons. The number of piperidine rings is 1. The molecule has 2 amide bonds. The minimum atomic E-state index is -0.623. The van der Waals surface area contributed by atoms with Gasteiger partial charge in [0, 0.05) is 29.7 Å². The summed E-state index contributed by atoms with van der Waals surface area (Å²) in [5.74, 6) is 1.40. The normalized spacial score (nSPS) is 14.8. The second-order valence-electron chi connectivity index (χ2n) is 7.98. The highest BCUT2D eigenvalue weighted by Crippen LogP contribution is 2.30. The minimum absolute atomic E-state index is 0.0619. The van der Waals surface area contributed by atoms with E-state index in [9.17, 15) is 9.59 Å². The maximum absolute atomic E-state index is 12.5. The summed E-state index contributed by atoms with van der Waals surface area (Å²) >= 11 is 0. The standard InChI is InChI=1S/C24H27N3O5/c1-15-21(31-19-10-12-27(2)13-11-19)9-4-16-14-20(23(28)32-22(15)16)26-24(29)25-17-5-7-18(30-3)8-6-17/h4-9,14,19H,10-13H2,1-3H3,(H2,25,26,29). The van der Waals surface area contributed by atoms with Gasteiger partial charge in [-0.2, -0.15) is 0 Å². The van der Waals surface area contributed by atoms with Gasteiger partial charge in [0.2, 0.25) is 0 Å². The molecule has 0 unspecified atom stereocenters. The summed E-state index contributed by atoms with van der Waals surface area (Å²) in [6, 6.07) is 11.7. The van der Waals surface area contributed by atoms with Crippen LogP contribution in [0.25, 0.3) is 11.0 Å². The van der Waals surface area contributed by atoms with Crippen molar-refractivity contribution in [3.05, 3.63) is 58.4 Å². The summed E-state index contributed by atoms with van der Waals surface area (Å²) in [4.78, 5) is 27.1. The predicted molar refractivity (Wildman–Crippen MR) is 124 cm³/mol. The summed E-state index contributed by atoms with van der Waals surface area (Å²) in [6.45, 7) is 3.87. The van der Waals surface area contributed by atoms with Crippen LogP contribution in [0.15, 0.2) is 51.7 Å². The molecule has 32 heavy (non-hydrogen) atoms. The maximum Gasteiger partial charge on any atom is 0.360 e. The van der Waals surface area contributed by atoms with Crippen LogP contribution in [0.2, 0.25) is 0 Å². The first kappa shape index (κ1) is 21.7. The molecule has 0 spiro atoms. The van der Waals surface area contributed by atoms with Crippen LogP contribution in [0.1, 0.15) is 18.4 Å². The minimum Gasteiger partial charge on any atom is -0.497 e. The molecule has 1 fully saturated rings. The number of fused-ring (bicyclic) bond motifs is 1. The van der Waals surface area contributed by atoms with Crippen molar-refractivity contribution in [2.45, 2.75) is 25.9 Å². The van der Waals surface area contributed by atoms with Crippen LogP contribution in [-0.4, -0.2) is 44.3 Å². The summed E-state index contributed by atoms with van der Waals surface area (Å²) in [5, 5.41) is 5.94. The van der Waals surface area contributed by atoms with Crippen molar-refractivity contribution < 1.29 is 18.7 Å². The number of benzene rings is 2. The number of likely N-dealkylation sites (tertiary alicyclic amines) is 1. The van der Waals surface area contributed by atoms with E-state index >= 15 is 0 Å². The number of aryl methyl sites for hydroxylation is 1. The molecule has 2 aromatic carbocycles. The second kappa shape index (κ2) is 9.32.